The molecule has 0 radical (unpaired) electrons. The Bertz CT molecular complexity index is 761. The lowest BCUT2D eigenvalue weighted by molar-refractivity contribution is -0.137. The van der Waals surface area contributed by atoms with Gasteiger partial charge in [-0.1, -0.05) is 0 Å². The molecular formula is C19H22F2N2O4. The number of ether oxygens (including phenoxy) is 2. The Kier molecular flexibility index (Phi) is 7.48. The average Bonchev–Trinajstić information content (AvgIpc) is 2.60. The highest BCUT2D eigenvalue weighted by atomic mass is 19.1. The van der Waals surface area contributed by atoms with Crippen LogP contribution in [0, 0.1) is 11.6 Å². The molecule has 1 aromatic heterocycles. The van der Waals surface area contributed by atoms with E-state index in [1.54, 1.807) is 18.3 Å². The molecule has 0 aliphatic carbocycles. The molecule has 27 heavy (non-hydrogen) atoms. The van der Waals surface area contributed by atoms with Gasteiger partial charge in [-0.3, -0.25) is 4.79 Å². The predicted molar refractivity (Wildman–Crippen MR) is 96.0 cm³/mol. The molecule has 6 nitrogen and oxygen atoms in total. The van der Waals surface area contributed by atoms with Crippen LogP contribution in [0.2, 0.25) is 0 Å². The van der Waals surface area contributed by atoms with E-state index in [0.717, 1.165) is 12.1 Å². The third-order valence-corrected chi connectivity index (χ3v) is 3.64. The Morgan fingerprint density at radius 3 is 2.52 bits per heavy atom. The van der Waals surface area contributed by atoms with Gasteiger partial charge in [-0.25, -0.2) is 13.8 Å². The zero-order valence-corrected chi connectivity index (χ0v) is 15.2. The zero-order chi connectivity index (χ0) is 19.8. The molecule has 0 bridgehead atoms. The van der Waals surface area contributed by atoms with E-state index in [1.165, 1.54) is 0 Å². The molecule has 1 heterocycles. The van der Waals surface area contributed by atoms with Crippen molar-refractivity contribution in [2.75, 3.05) is 33.9 Å². The first-order valence-electron chi connectivity index (χ1n) is 8.45. The predicted octanol–water partition coefficient (Wildman–Crippen LogP) is 3.21. The summed E-state index contributed by atoms with van der Waals surface area (Å²) in [4.78, 5) is 16.5. The smallest absolute Gasteiger partial charge is 0.303 e. The van der Waals surface area contributed by atoms with Gasteiger partial charge in [0, 0.05) is 24.7 Å². The van der Waals surface area contributed by atoms with Crippen molar-refractivity contribution in [1.29, 1.82) is 0 Å². The fourth-order valence-electron chi connectivity index (χ4n) is 2.30. The van der Waals surface area contributed by atoms with Crippen molar-refractivity contribution in [3.8, 4) is 22.8 Å². The average molecular weight is 380 g/mol. The van der Waals surface area contributed by atoms with Gasteiger partial charge >= 0.3 is 5.97 Å². The molecule has 146 valence electrons. The fraction of sp³-hybridized carbons (Fsp3) is 0.368. The number of aromatic nitrogens is 1. The second kappa shape index (κ2) is 9.82. The first-order chi connectivity index (χ1) is 12.9. The molecule has 0 amide bonds. The number of carboxylic acid groups (broad SMARTS) is 1. The van der Waals surface area contributed by atoms with E-state index in [1.807, 2.05) is 19.0 Å². The van der Waals surface area contributed by atoms with Crippen LogP contribution < -0.4 is 9.47 Å². The maximum atomic E-state index is 14.3. The molecule has 2 aromatic rings. The number of halogens is 2. The van der Waals surface area contributed by atoms with Crippen LogP contribution in [0.1, 0.15) is 12.8 Å². The molecule has 1 aromatic carbocycles. The van der Waals surface area contributed by atoms with E-state index in [2.05, 4.69) is 4.98 Å². The number of aliphatic carboxylic acids is 1. The Morgan fingerprint density at radius 1 is 1.19 bits per heavy atom. The molecule has 0 saturated heterocycles. The van der Waals surface area contributed by atoms with Gasteiger partial charge in [0.15, 0.2) is 17.4 Å². The summed E-state index contributed by atoms with van der Waals surface area (Å²) in [6.45, 7) is 0.958. The van der Waals surface area contributed by atoms with Crippen molar-refractivity contribution in [2.24, 2.45) is 0 Å². The third kappa shape index (κ3) is 6.18. The molecule has 0 atom stereocenters. The molecule has 1 N–H and O–H groups in total. The Hall–Kier alpha value is -2.74. The highest BCUT2D eigenvalue weighted by Crippen LogP contribution is 2.33. The van der Waals surface area contributed by atoms with Crippen molar-refractivity contribution in [3.63, 3.8) is 0 Å². The first kappa shape index (κ1) is 20.6. The number of rotatable bonds is 10. The SMILES string of the molecule is CN(C)CCOc1ncccc1-c1cc(F)c(OCCCC(=O)O)c(F)c1. The second-order valence-electron chi connectivity index (χ2n) is 6.12. The molecular weight excluding hydrogens is 358 g/mol. The van der Waals surface area contributed by atoms with E-state index >= 15 is 0 Å². The minimum absolute atomic E-state index is 0.0920. The van der Waals surface area contributed by atoms with Crippen molar-refractivity contribution in [3.05, 3.63) is 42.1 Å². The number of hydrogen-bond acceptors (Lipinski definition) is 5. The Morgan fingerprint density at radius 2 is 1.89 bits per heavy atom. The van der Waals surface area contributed by atoms with Gasteiger partial charge in [-0.05, 0) is 50.3 Å². The Balaban J connectivity index is 2.16. The fourth-order valence-corrected chi connectivity index (χ4v) is 2.30. The number of benzene rings is 1. The highest BCUT2D eigenvalue weighted by molar-refractivity contribution is 5.69. The molecule has 0 unspecified atom stereocenters. The van der Waals surface area contributed by atoms with Crippen molar-refractivity contribution < 1.29 is 28.2 Å². The second-order valence-corrected chi connectivity index (χ2v) is 6.12. The van der Waals surface area contributed by atoms with Crippen LogP contribution in [0.3, 0.4) is 0 Å². The van der Waals surface area contributed by atoms with Crippen molar-refractivity contribution >= 4 is 5.97 Å². The van der Waals surface area contributed by atoms with Crippen LogP contribution in [0.4, 0.5) is 8.78 Å². The molecule has 0 aliphatic rings. The number of likely N-dealkylation sites (N-methyl/N-ethyl adjacent to an activating group) is 1. The van der Waals surface area contributed by atoms with E-state index < -0.39 is 23.4 Å². The largest absolute Gasteiger partial charge is 0.488 e. The molecule has 0 saturated carbocycles. The van der Waals surface area contributed by atoms with Crippen LogP contribution in [0.15, 0.2) is 30.5 Å². The van der Waals surface area contributed by atoms with Crippen molar-refractivity contribution in [1.82, 2.24) is 9.88 Å². The van der Waals surface area contributed by atoms with Gasteiger partial charge in [0.2, 0.25) is 5.88 Å². The van der Waals surface area contributed by atoms with E-state index in [4.69, 9.17) is 14.6 Å². The van der Waals surface area contributed by atoms with Gasteiger partial charge in [0.25, 0.3) is 0 Å². The number of carbonyl (C=O) groups is 1. The summed E-state index contributed by atoms with van der Waals surface area (Å²) in [7, 11) is 3.81. The van der Waals surface area contributed by atoms with Crippen LogP contribution in [0.25, 0.3) is 11.1 Å². The van der Waals surface area contributed by atoms with Gasteiger partial charge in [-0.2, -0.15) is 0 Å². The maximum absolute atomic E-state index is 14.3. The summed E-state index contributed by atoms with van der Waals surface area (Å²) in [5.41, 5.74) is 0.738. The molecule has 8 heteroatoms. The summed E-state index contributed by atoms with van der Waals surface area (Å²) in [6.07, 6.45) is 1.56. The lowest BCUT2D eigenvalue weighted by atomic mass is 10.1. The monoisotopic (exact) mass is 380 g/mol. The summed E-state index contributed by atoms with van der Waals surface area (Å²) < 4.78 is 39.3. The van der Waals surface area contributed by atoms with Gasteiger partial charge in [0.1, 0.15) is 6.61 Å². The minimum atomic E-state index is -0.992. The van der Waals surface area contributed by atoms with Crippen LogP contribution in [-0.2, 0) is 4.79 Å². The first-order valence-corrected chi connectivity index (χ1v) is 8.45. The summed E-state index contributed by atoms with van der Waals surface area (Å²) in [5, 5.41) is 8.58. The van der Waals surface area contributed by atoms with E-state index in [9.17, 15) is 13.6 Å². The highest BCUT2D eigenvalue weighted by Gasteiger charge is 2.16. The molecule has 0 fully saturated rings. The Labute approximate surface area is 156 Å². The van der Waals surface area contributed by atoms with Crippen molar-refractivity contribution in [2.45, 2.75) is 12.8 Å². The van der Waals surface area contributed by atoms with E-state index in [-0.39, 0.29) is 30.9 Å². The van der Waals surface area contributed by atoms with E-state index in [0.29, 0.717) is 18.7 Å². The third-order valence-electron chi connectivity index (χ3n) is 3.64. The summed E-state index contributed by atoms with van der Waals surface area (Å²) >= 11 is 0. The lowest BCUT2D eigenvalue weighted by Crippen LogP contribution is -2.19. The van der Waals surface area contributed by atoms with Gasteiger partial charge in [-0.15, -0.1) is 0 Å². The van der Waals surface area contributed by atoms with Crippen LogP contribution in [-0.4, -0.2) is 54.8 Å². The lowest BCUT2D eigenvalue weighted by Gasteiger charge is -2.14. The maximum Gasteiger partial charge on any atom is 0.303 e. The normalized spacial score (nSPS) is 10.9. The quantitative estimate of drug-likeness (QED) is 0.638. The minimum Gasteiger partial charge on any atom is -0.488 e. The standard InChI is InChI=1S/C19H22F2N2O4/c1-23(2)8-10-27-19-14(5-3-7-22-19)13-11-15(20)18(16(21)12-13)26-9-4-6-17(24)25/h3,5,7,11-12H,4,6,8-10H2,1-2H3,(H,24,25). The van der Waals surface area contributed by atoms with Gasteiger partial charge in [0.05, 0.1) is 6.61 Å². The number of hydrogen-bond donors (Lipinski definition) is 1. The number of pyridine rings is 1. The summed E-state index contributed by atoms with van der Waals surface area (Å²) in [6, 6.07) is 5.61. The van der Waals surface area contributed by atoms with Crippen LogP contribution >= 0.6 is 0 Å². The van der Waals surface area contributed by atoms with Gasteiger partial charge < -0.3 is 19.5 Å². The number of nitrogens with zero attached hydrogens (tertiary/aromatic N) is 2. The molecule has 0 spiro atoms. The van der Waals surface area contributed by atoms with Crippen LogP contribution in [0.5, 0.6) is 11.6 Å². The molecule has 2 rings (SSSR count). The topological polar surface area (TPSA) is 71.9 Å². The zero-order valence-electron chi connectivity index (χ0n) is 15.2. The summed E-state index contributed by atoms with van der Waals surface area (Å²) in [5.74, 6) is -2.98. The number of carboxylic acids is 1. The molecule has 0 aliphatic heterocycles.